The molecule has 0 spiro atoms. The van der Waals surface area contributed by atoms with E-state index in [2.05, 4.69) is 31.3 Å². The second-order valence-corrected chi connectivity index (χ2v) is 9.82. The summed E-state index contributed by atoms with van der Waals surface area (Å²) in [7, 11) is 0. The van der Waals surface area contributed by atoms with Crippen molar-refractivity contribution in [2.45, 2.75) is 0 Å². The summed E-state index contributed by atoms with van der Waals surface area (Å²) in [6.07, 6.45) is 1.52. The number of hydrogen-bond acceptors (Lipinski definition) is 6. The minimum atomic E-state index is -0.533. The van der Waals surface area contributed by atoms with Crippen LogP contribution in [0.5, 0.6) is 5.75 Å². The molecule has 0 bridgehead atoms. The molecule has 202 valence electrons. The summed E-state index contributed by atoms with van der Waals surface area (Å²) in [5, 5.41) is 8.24. The zero-order valence-electron chi connectivity index (χ0n) is 21.3. The maximum Gasteiger partial charge on any atom is 0.282 e. The Kier molecular flexibility index (Phi) is 7.13. The highest BCUT2D eigenvalue weighted by Gasteiger charge is 2.16. The number of furan rings is 1. The molecule has 2 heterocycles. The summed E-state index contributed by atoms with van der Waals surface area (Å²) < 4.78 is 27.2. The molecule has 0 aliphatic carbocycles. The van der Waals surface area contributed by atoms with Crippen molar-refractivity contribution < 1.29 is 18.3 Å². The van der Waals surface area contributed by atoms with Gasteiger partial charge in [0.1, 0.15) is 17.1 Å². The summed E-state index contributed by atoms with van der Waals surface area (Å²) in [4.78, 5) is 30.4. The van der Waals surface area contributed by atoms with Crippen LogP contribution in [0.2, 0.25) is 0 Å². The number of hydrogen-bond donors (Lipinski definition) is 1. The molecule has 0 aliphatic rings. The lowest BCUT2D eigenvalue weighted by atomic mass is 10.2. The van der Waals surface area contributed by atoms with Crippen molar-refractivity contribution in [3.63, 3.8) is 0 Å². The van der Waals surface area contributed by atoms with Crippen LogP contribution in [0.4, 0.5) is 10.1 Å². The number of amides is 1. The zero-order chi connectivity index (χ0) is 28.3. The van der Waals surface area contributed by atoms with Crippen LogP contribution in [0.15, 0.2) is 116 Å². The average molecular weight is 611 g/mol. The topological polar surface area (TPSA) is 98.7 Å². The van der Waals surface area contributed by atoms with Crippen LogP contribution in [0.3, 0.4) is 0 Å². The highest BCUT2D eigenvalue weighted by atomic mass is 79.9. The summed E-state index contributed by atoms with van der Waals surface area (Å²) in [5.41, 5.74) is 1.58. The molecule has 0 fully saturated rings. The molecule has 6 rings (SSSR count). The molecule has 8 nitrogen and oxygen atoms in total. The lowest BCUT2D eigenvalue weighted by Gasteiger charge is -2.10. The fourth-order valence-electron chi connectivity index (χ4n) is 4.21. The molecule has 1 N–H and O–H groups in total. The second kappa shape index (κ2) is 11.2. The van der Waals surface area contributed by atoms with E-state index in [4.69, 9.17) is 9.15 Å². The molecule has 0 radical (unpaired) electrons. The van der Waals surface area contributed by atoms with Gasteiger partial charge in [-0.3, -0.25) is 9.59 Å². The van der Waals surface area contributed by atoms with Crippen molar-refractivity contribution >= 4 is 55.6 Å². The van der Waals surface area contributed by atoms with Gasteiger partial charge in [-0.2, -0.15) is 9.78 Å². The van der Waals surface area contributed by atoms with Gasteiger partial charge in [0.25, 0.3) is 11.5 Å². The molecular weight excluding hydrogens is 591 g/mol. The normalized spacial score (nSPS) is 11.4. The predicted molar refractivity (Wildman–Crippen MR) is 159 cm³/mol. The monoisotopic (exact) mass is 610 g/mol. The Morgan fingerprint density at radius 3 is 2.63 bits per heavy atom. The van der Waals surface area contributed by atoms with Crippen molar-refractivity contribution in [1.82, 2.24) is 9.66 Å². The van der Waals surface area contributed by atoms with Crippen LogP contribution in [-0.4, -0.2) is 28.4 Å². The van der Waals surface area contributed by atoms with Crippen LogP contribution in [0, 0.1) is 5.82 Å². The van der Waals surface area contributed by atoms with Gasteiger partial charge in [-0.15, -0.1) is 0 Å². The number of aromatic nitrogens is 2. The highest BCUT2D eigenvalue weighted by molar-refractivity contribution is 9.10. The lowest BCUT2D eigenvalue weighted by Crippen LogP contribution is -2.21. The van der Waals surface area contributed by atoms with E-state index < -0.39 is 11.7 Å². The van der Waals surface area contributed by atoms with Gasteiger partial charge < -0.3 is 14.5 Å². The molecule has 4 aromatic carbocycles. The van der Waals surface area contributed by atoms with E-state index in [1.54, 1.807) is 42.5 Å². The van der Waals surface area contributed by atoms with E-state index in [1.807, 2.05) is 36.4 Å². The number of carbonyl (C=O) groups excluding carboxylic acids is 1. The molecule has 0 atom stereocenters. The van der Waals surface area contributed by atoms with Gasteiger partial charge in [-0.1, -0.05) is 42.5 Å². The van der Waals surface area contributed by atoms with Crippen molar-refractivity contribution in [2.24, 2.45) is 5.10 Å². The Hall–Kier alpha value is -5.09. The molecule has 0 saturated carbocycles. The van der Waals surface area contributed by atoms with Crippen molar-refractivity contribution in [3.05, 3.63) is 123 Å². The van der Waals surface area contributed by atoms with Gasteiger partial charge >= 0.3 is 0 Å². The Bertz CT molecular complexity index is 1980. The Morgan fingerprint density at radius 2 is 1.80 bits per heavy atom. The largest absolute Gasteiger partial charge is 0.483 e. The van der Waals surface area contributed by atoms with E-state index in [-0.39, 0.29) is 23.7 Å². The molecule has 10 heteroatoms. The Labute approximate surface area is 240 Å². The van der Waals surface area contributed by atoms with E-state index >= 15 is 0 Å². The zero-order valence-corrected chi connectivity index (χ0v) is 22.8. The van der Waals surface area contributed by atoms with Gasteiger partial charge in [0, 0.05) is 5.39 Å². The van der Waals surface area contributed by atoms with Crippen molar-refractivity contribution in [1.29, 1.82) is 0 Å². The molecule has 2 aromatic heterocycles. The second-order valence-electron chi connectivity index (χ2n) is 8.97. The quantitative estimate of drug-likeness (QED) is 0.205. The number of halogens is 2. The van der Waals surface area contributed by atoms with Crippen molar-refractivity contribution in [3.8, 4) is 17.3 Å². The minimum Gasteiger partial charge on any atom is -0.483 e. The first-order chi connectivity index (χ1) is 20.0. The molecular formula is C31H20BrFN4O4. The third-order valence-corrected chi connectivity index (χ3v) is 6.80. The standard InChI is InChI=1S/C31H20BrFN4O4/c32-22-15-19(13-14-27(22)40-18-29(38)35-25-11-5-3-9-23(25)33)17-34-37-30(28-16-20-7-1-6-12-26(20)41-28)36-24-10-4-2-8-21(24)31(37)39/h1-17H,18H2,(H,35,38). The average Bonchev–Trinajstić information content (AvgIpc) is 3.42. The highest BCUT2D eigenvalue weighted by Crippen LogP contribution is 2.28. The number of anilines is 1. The van der Waals surface area contributed by atoms with Crippen LogP contribution in [0.1, 0.15) is 5.56 Å². The van der Waals surface area contributed by atoms with Crippen LogP contribution >= 0.6 is 15.9 Å². The number of fused-ring (bicyclic) bond motifs is 2. The van der Waals surface area contributed by atoms with Gasteiger partial charge in [0.15, 0.2) is 12.4 Å². The molecule has 6 aromatic rings. The predicted octanol–water partition coefficient (Wildman–Crippen LogP) is 6.61. The van der Waals surface area contributed by atoms with E-state index in [0.717, 1.165) is 5.39 Å². The number of nitrogens with zero attached hydrogens (tertiary/aromatic N) is 3. The van der Waals surface area contributed by atoms with Crippen molar-refractivity contribution in [2.75, 3.05) is 11.9 Å². The maximum absolute atomic E-state index is 13.8. The first-order valence-electron chi connectivity index (χ1n) is 12.5. The molecule has 0 unspecified atom stereocenters. The van der Waals surface area contributed by atoms with E-state index in [1.165, 1.54) is 29.1 Å². The fourth-order valence-corrected chi connectivity index (χ4v) is 4.72. The molecule has 41 heavy (non-hydrogen) atoms. The Balaban J connectivity index is 1.26. The molecule has 0 aliphatic heterocycles. The number of rotatable bonds is 7. The summed E-state index contributed by atoms with van der Waals surface area (Å²) in [6, 6.07) is 27.4. The third-order valence-electron chi connectivity index (χ3n) is 6.18. The molecule has 0 saturated heterocycles. The van der Waals surface area contributed by atoms with E-state index in [9.17, 15) is 14.0 Å². The first kappa shape index (κ1) is 26.1. The smallest absolute Gasteiger partial charge is 0.282 e. The van der Waals surface area contributed by atoms with Gasteiger partial charge in [-0.25, -0.2) is 9.37 Å². The van der Waals surface area contributed by atoms with Gasteiger partial charge in [0.05, 0.1) is 27.3 Å². The summed E-state index contributed by atoms with van der Waals surface area (Å²) in [6.45, 7) is -0.320. The number of ether oxygens (including phenoxy) is 1. The van der Waals surface area contributed by atoms with Crippen LogP contribution < -0.4 is 15.6 Å². The maximum atomic E-state index is 13.8. The Morgan fingerprint density at radius 1 is 1.02 bits per heavy atom. The lowest BCUT2D eigenvalue weighted by molar-refractivity contribution is -0.118. The fraction of sp³-hybridized carbons (Fsp3) is 0.0323. The van der Waals surface area contributed by atoms with Gasteiger partial charge in [0.2, 0.25) is 5.82 Å². The SMILES string of the molecule is O=C(COc1ccc(C=Nn2c(-c3cc4ccccc4o3)nc3ccccc3c2=O)cc1Br)Nc1ccccc1F. The number of para-hydroxylation sites is 3. The number of benzene rings is 4. The first-order valence-corrected chi connectivity index (χ1v) is 13.3. The molecule has 1 amide bonds. The number of carbonyl (C=O) groups is 1. The van der Waals surface area contributed by atoms with E-state index in [0.29, 0.717) is 38.0 Å². The van der Waals surface area contributed by atoms with Gasteiger partial charge in [-0.05, 0) is 76.1 Å². The van der Waals surface area contributed by atoms with Crippen LogP contribution in [0.25, 0.3) is 33.5 Å². The number of nitrogens with one attached hydrogen (secondary N) is 1. The summed E-state index contributed by atoms with van der Waals surface area (Å²) in [5.74, 6) is 0.0352. The minimum absolute atomic E-state index is 0.0761. The third kappa shape index (κ3) is 5.50. The summed E-state index contributed by atoms with van der Waals surface area (Å²) >= 11 is 3.45. The van der Waals surface area contributed by atoms with Crippen LogP contribution in [-0.2, 0) is 4.79 Å².